The van der Waals surface area contributed by atoms with E-state index in [1.54, 1.807) is 31.2 Å². The Bertz CT molecular complexity index is 854. The summed E-state index contributed by atoms with van der Waals surface area (Å²) < 4.78 is 5.44. The van der Waals surface area contributed by atoms with Crippen LogP contribution in [0.5, 0.6) is 0 Å². The summed E-state index contributed by atoms with van der Waals surface area (Å²) in [7, 11) is 0. The molecule has 4 heteroatoms. The third-order valence-corrected chi connectivity index (χ3v) is 3.98. The van der Waals surface area contributed by atoms with Gasteiger partial charge in [-0.25, -0.2) is 4.79 Å². The van der Waals surface area contributed by atoms with Crippen LogP contribution in [0.1, 0.15) is 24.2 Å². The average molecular weight is 321 g/mol. The first-order valence-electron chi connectivity index (χ1n) is 7.72. The van der Waals surface area contributed by atoms with Crippen LogP contribution in [0, 0.1) is 0 Å². The van der Waals surface area contributed by atoms with Gasteiger partial charge in [0.05, 0.1) is 0 Å². The molecule has 0 aliphatic heterocycles. The van der Waals surface area contributed by atoms with Gasteiger partial charge >= 0.3 is 5.97 Å². The predicted molar refractivity (Wildman–Crippen MR) is 93.0 cm³/mol. The second-order valence-corrected chi connectivity index (χ2v) is 5.87. The number of aliphatic hydroxyl groups excluding tert-OH is 1. The molecule has 0 amide bonds. The largest absolute Gasteiger partial charge is 0.438 e. The lowest BCUT2D eigenvalue weighted by Gasteiger charge is -2.28. The standard InChI is InChI=1S/C20H19NO3/c1-20(21,17-13-7-11-14-8-5-6-12-16(14)17)24-19(23)18(22)15-9-3-2-4-10-15/h2-13,18,22H,21H2,1H3/t18-,20-/m1/s1. The molecule has 24 heavy (non-hydrogen) atoms. The Kier molecular flexibility index (Phi) is 4.34. The number of ether oxygens (including phenoxy) is 1. The second-order valence-electron chi connectivity index (χ2n) is 5.87. The van der Waals surface area contributed by atoms with Crippen molar-refractivity contribution in [3.8, 4) is 0 Å². The molecule has 0 heterocycles. The first-order chi connectivity index (χ1) is 11.5. The number of carbonyl (C=O) groups excluding carboxylic acids is 1. The van der Waals surface area contributed by atoms with E-state index in [4.69, 9.17) is 10.5 Å². The molecular weight excluding hydrogens is 302 g/mol. The molecule has 0 bridgehead atoms. The lowest BCUT2D eigenvalue weighted by molar-refractivity contribution is -0.169. The maximum atomic E-state index is 12.3. The highest BCUT2D eigenvalue weighted by atomic mass is 16.6. The molecule has 0 spiro atoms. The number of hydrogen-bond donors (Lipinski definition) is 2. The number of fused-ring (bicyclic) bond motifs is 1. The summed E-state index contributed by atoms with van der Waals surface area (Å²) in [5.74, 6) is -0.779. The third kappa shape index (κ3) is 3.15. The molecule has 0 unspecified atom stereocenters. The first kappa shape index (κ1) is 16.2. The van der Waals surface area contributed by atoms with E-state index in [0.29, 0.717) is 11.1 Å². The van der Waals surface area contributed by atoms with E-state index < -0.39 is 17.8 Å². The van der Waals surface area contributed by atoms with E-state index in [9.17, 15) is 9.90 Å². The van der Waals surface area contributed by atoms with Crippen molar-refractivity contribution in [2.75, 3.05) is 0 Å². The molecule has 0 fully saturated rings. The van der Waals surface area contributed by atoms with Crippen LogP contribution < -0.4 is 5.73 Å². The van der Waals surface area contributed by atoms with Crippen LogP contribution in [-0.2, 0) is 15.3 Å². The first-order valence-corrected chi connectivity index (χ1v) is 7.72. The zero-order chi connectivity index (χ0) is 17.2. The summed E-state index contributed by atoms with van der Waals surface area (Å²) >= 11 is 0. The minimum atomic E-state index is -1.37. The molecule has 0 saturated heterocycles. The van der Waals surface area contributed by atoms with Crippen molar-refractivity contribution in [3.05, 3.63) is 83.9 Å². The highest BCUT2D eigenvalue weighted by Crippen LogP contribution is 2.29. The molecule has 0 aromatic heterocycles. The van der Waals surface area contributed by atoms with Gasteiger partial charge < -0.3 is 9.84 Å². The minimum absolute atomic E-state index is 0.469. The van der Waals surface area contributed by atoms with Crippen LogP contribution >= 0.6 is 0 Å². The van der Waals surface area contributed by atoms with Gasteiger partial charge in [-0.05, 0) is 23.3 Å². The second kappa shape index (κ2) is 6.43. The smallest absolute Gasteiger partial charge is 0.341 e. The molecule has 122 valence electrons. The number of rotatable bonds is 4. The van der Waals surface area contributed by atoms with Gasteiger partial charge in [0.2, 0.25) is 0 Å². The van der Waals surface area contributed by atoms with E-state index in [1.807, 2.05) is 48.5 Å². The Morgan fingerprint density at radius 3 is 2.38 bits per heavy atom. The highest BCUT2D eigenvalue weighted by molar-refractivity contribution is 5.87. The van der Waals surface area contributed by atoms with Crippen LogP contribution in [0.2, 0.25) is 0 Å². The Balaban J connectivity index is 1.89. The van der Waals surface area contributed by atoms with Gasteiger partial charge in [0.1, 0.15) is 0 Å². The van der Waals surface area contributed by atoms with Crippen molar-refractivity contribution >= 4 is 16.7 Å². The molecule has 0 aliphatic rings. The number of aliphatic hydroxyl groups is 1. The molecule has 3 aromatic carbocycles. The Hall–Kier alpha value is -2.69. The summed E-state index contributed by atoms with van der Waals surface area (Å²) in [4.78, 5) is 12.3. The molecule has 0 radical (unpaired) electrons. The zero-order valence-corrected chi connectivity index (χ0v) is 13.3. The van der Waals surface area contributed by atoms with E-state index in [0.717, 1.165) is 10.8 Å². The lowest BCUT2D eigenvalue weighted by Crippen LogP contribution is -2.40. The van der Waals surface area contributed by atoms with Gasteiger partial charge in [0.15, 0.2) is 11.8 Å². The molecule has 4 nitrogen and oxygen atoms in total. The normalized spacial score (nSPS) is 14.8. The van der Waals surface area contributed by atoms with Crippen LogP contribution in [0.3, 0.4) is 0 Å². The van der Waals surface area contributed by atoms with Crippen molar-refractivity contribution in [3.63, 3.8) is 0 Å². The quantitative estimate of drug-likeness (QED) is 0.571. The highest BCUT2D eigenvalue weighted by Gasteiger charge is 2.31. The van der Waals surface area contributed by atoms with Crippen molar-refractivity contribution in [2.24, 2.45) is 5.73 Å². The van der Waals surface area contributed by atoms with Crippen molar-refractivity contribution in [1.29, 1.82) is 0 Å². The van der Waals surface area contributed by atoms with Gasteiger partial charge in [0.25, 0.3) is 0 Å². The molecule has 3 N–H and O–H groups in total. The summed E-state index contributed by atoms with van der Waals surface area (Å²) in [5.41, 5.74) is 6.07. The van der Waals surface area contributed by atoms with E-state index in [-0.39, 0.29) is 0 Å². The maximum absolute atomic E-state index is 12.3. The van der Waals surface area contributed by atoms with E-state index in [2.05, 4.69) is 0 Å². The van der Waals surface area contributed by atoms with Crippen LogP contribution in [-0.4, -0.2) is 11.1 Å². The van der Waals surface area contributed by atoms with Gasteiger partial charge in [0, 0.05) is 5.56 Å². The Labute approximate surface area is 140 Å². The van der Waals surface area contributed by atoms with Crippen molar-refractivity contribution in [2.45, 2.75) is 18.8 Å². The molecule has 0 saturated carbocycles. The number of nitrogens with two attached hydrogens (primary N) is 1. The average Bonchev–Trinajstić information content (AvgIpc) is 2.61. The van der Waals surface area contributed by atoms with Crippen LogP contribution in [0.25, 0.3) is 10.8 Å². The minimum Gasteiger partial charge on any atom is -0.438 e. The lowest BCUT2D eigenvalue weighted by atomic mass is 9.97. The van der Waals surface area contributed by atoms with Gasteiger partial charge in [-0.2, -0.15) is 0 Å². The van der Waals surface area contributed by atoms with Gasteiger partial charge in [-0.3, -0.25) is 5.73 Å². The molecular formula is C20H19NO3. The fourth-order valence-electron chi connectivity index (χ4n) is 2.75. The zero-order valence-electron chi connectivity index (χ0n) is 13.3. The van der Waals surface area contributed by atoms with Crippen molar-refractivity contribution in [1.82, 2.24) is 0 Å². The van der Waals surface area contributed by atoms with Crippen molar-refractivity contribution < 1.29 is 14.6 Å². The maximum Gasteiger partial charge on any atom is 0.341 e. The summed E-state index contributed by atoms with van der Waals surface area (Å²) in [5, 5.41) is 12.1. The number of esters is 1. The topological polar surface area (TPSA) is 72.5 Å². The third-order valence-electron chi connectivity index (χ3n) is 3.98. The SMILES string of the molecule is C[C@@](N)(OC(=O)[C@H](O)c1ccccc1)c1cccc2ccccc12. The van der Waals surface area contributed by atoms with Gasteiger partial charge in [-0.15, -0.1) is 0 Å². The van der Waals surface area contributed by atoms with Gasteiger partial charge in [-0.1, -0.05) is 72.8 Å². The van der Waals surface area contributed by atoms with E-state index >= 15 is 0 Å². The Morgan fingerprint density at radius 2 is 1.62 bits per heavy atom. The number of carbonyl (C=O) groups is 1. The molecule has 2 atom stereocenters. The monoisotopic (exact) mass is 321 g/mol. The number of hydrogen-bond acceptors (Lipinski definition) is 4. The fourth-order valence-corrected chi connectivity index (χ4v) is 2.75. The number of benzene rings is 3. The summed E-state index contributed by atoms with van der Waals surface area (Å²) in [6.45, 7) is 1.62. The van der Waals surface area contributed by atoms with Crippen LogP contribution in [0.15, 0.2) is 72.8 Å². The summed E-state index contributed by atoms with van der Waals surface area (Å²) in [6, 6.07) is 22.0. The molecule has 3 rings (SSSR count). The fraction of sp³-hybridized carbons (Fsp3) is 0.150. The van der Waals surface area contributed by atoms with E-state index in [1.165, 1.54) is 0 Å². The predicted octanol–water partition coefficient (Wildman–Crippen LogP) is 3.25. The molecule has 0 aliphatic carbocycles. The van der Waals surface area contributed by atoms with Crippen LogP contribution in [0.4, 0.5) is 0 Å². The summed E-state index contributed by atoms with van der Waals surface area (Å²) in [6.07, 6.45) is -1.37. The molecule has 3 aromatic rings. The Morgan fingerprint density at radius 1 is 1.00 bits per heavy atom.